The minimum absolute atomic E-state index is 0.274. The molecule has 0 spiro atoms. The van der Waals surface area contributed by atoms with Crippen LogP contribution in [0.25, 0.3) is 0 Å². The van der Waals surface area contributed by atoms with Crippen molar-refractivity contribution >= 4 is 23.0 Å². The minimum Gasteiger partial charge on any atom is -0.436 e. The van der Waals surface area contributed by atoms with E-state index in [2.05, 4.69) is 24.4 Å². The van der Waals surface area contributed by atoms with Crippen LogP contribution in [-0.2, 0) is 18.0 Å². The highest BCUT2D eigenvalue weighted by Crippen LogP contribution is 2.17. The molecule has 94 valence electrons. The van der Waals surface area contributed by atoms with Gasteiger partial charge in [0.2, 0.25) is 0 Å². The van der Waals surface area contributed by atoms with Crippen molar-refractivity contribution in [2.45, 2.75) is 38.8 Å². The normalized spacial score (nSPS) is 21.8. The molecule has 5 nitrogen and oxygen atoms in total. The van der Waals surface area contributed by atoms with Crippen molar-refractivity contribution in [1.29, 1.82) is 0 Å². The van der Waals surface area contributed by atoms with Gasteiger partial charge in [0.15, 0.2) is 14.4 Å². The van der Waals surface area contributed by atoms with E-state index < -0.39 is 23.0 Å². The van der Waals surface area contributed by atoms with E-state index in [4.69, 9.17) is 13.3 Å². The molecule has 1 rings (SSSR count). The van der Waals surface area contributed by atoms with Crippen LogP contribution >= 0.6 is 0 Å². The zero-order valence-electron chi connectivity index (χ0n) is 10.5. The molecule has 0 amide bonds. The van der Waals surface area contributed by atoms with Crippen molar-refractivity contribution in [1.82, 2.24) is 0 Å². The second-order valence-electron chi connectivity index (χ2n) is 5.23. The summed E-state index contributed by atoms with van der Waals surface area (Å²) in [5.74, 6) is 0. The standard InChI is InChI=1S/C9H20O5Si2/c1-15(2,3)14-16(4,5)12-7-8-6-11-9(10)13-8/h8H,6-7H2,1-5H3. The van der Waals surface area contributed by atoms with Gasteiger partial charge in [-0.3, -0.25) is 0 Å². The van der Waals surface area contributed by atoms with Gasteiger partial charge in [-0.2, -0.15) is 0 Å². The third kappa shape index (κ3) is 5.10. The number of cyclic esters (lactones) is 2. The first kappa shape index (κ1) is 13.7. The summed E-state index contributed by atoms with van der Waals surface area (Å²) in [5, 5.41) is 0. The van der Waals surface area contributed by atoms with Gasteiger partial charge in [-0.1, -0.05) is 0 Å². The molecule has 0 aromatic heterocycles. The summed E-state index contributed by atoms with van der Waals surface area (Å²) < 4.78 is 21.3. The fourth-order valence-corrected chi connectivity index (χ4v) is 8.23. The highest BCUT2D eigenvalue weighted by Gasteiger charge is 2.34. The first-order valence-corrected chi connectivity index (χ1v) is 11.6. The minimum atomic E-state index is -2.11. The number of hydrogen-bond acceptors (Lipinski definition) is 5. The van der Waals surface area contributed by atoms with Crippen molar-refractivity contribution < 1.29 is 22.8 Å². The molecule has 0 radical (unpaired) electrons. The Morgan fingerprint density at radius 2 is 1.94 bits per heavy atom. The van der Waals surface area contributed by atoms with E-state index in [9.17, 15) is 4.79 Å². The van der Waals surface area contributed by atoms with Crippen molar-refractivity contribution in [2.75, 3.05) is 13.2 Å². The lowest BCUT2D eigenvalue weighted by Crippen LogP contribution is -2.46. The molecule has 1 saturated heterocycles. The zero-order chi connectivity index (χ0) is 12.4. The Balaban J connectivity index is 2.33. The number of hydrogen-bond donors (Lipinski definition) is 0. The largest absolute Gasteiger partial charge is 0.508 e. The summed E-state index contributed by atoms with van der Waals surface area (Å²) >= 11 is 0. The molecular formula is C9H20O5Si2. The van der Waals surface area contributed by atoms with Gasteiger partial charge >= 0.3 is 14.7 Å². The van der Waals surface area contributed by atoms with Crippen LogP contribution in [0.15, 0.2) is 0 Å². The second-order valence-corrected chi connectivity index (χ2v) is 13.4. The number of rotatable bonds is 5. The van der Waals surface area contributed by atoms with Gasteiger partial charge in [0.05, 0.1) is 6.61 Å². The van der Waals surface area contributed by atoms with Crippen LogP contribution in [0.5, 0.6) is 0 Å². The van der Waals surface area contributed by atoms with Gasteiger partial charge in [0, 0.05) is 0 Å². The topological polar surface area (TPSA) is 54.0 Å². The van der Waals surface area contributed by atoms with Crippen molar-refractivity contribution in [2.24, 2.45) is 0 Å². The van der Waals surface area contributed by atoms with E-state index in [1.165, 1.54) is 0 Å². The van der Waals surface area contributed by atoms with Crippen LogP contribution in [0.3, 0.4) is 0 Å². The molecule has 1 heterocycles. The van der Waals surface area contributed by atoms with Crippen molar-refractivity contribution in [3.8, 4) is 0 Å². The third-order valence-electron chi connectivity index (χ3n) is 1.82. The maximum Gasteiger partial charge on any atom is 0.508 e. The fourth-order valence-electron chi connectivity index (χ4n) is 1.51. The van der Waals surface area contributed by atoms with Gasteiger partial charge in [0.25, 0.3) is 0 Å². The molecule has 7 heteroatoms. The molecule has 1 fully saturated rings. The summed E-state index contributed by atoms with van der Waals surface area (Å²) in [6, 6.07) is 0. The first-order chi connectivity index (χ1) is 7.18. The molecule has 1 atom stereocenters. The van der Waals surface area contributed by atoms with E-state index in [0.717, 1.165) is 0 Å². The fraction of sp³-hybridized carbons (Fsp3) is 0.889. The Kier molecular flexibility index (Phi) is 4.16. The van der Waals surface area contributed by atoms with Gasteiger partial charge in [-0.15, -0.1) is 0 Å². The van der Waals surface area contributed by atoms with Crippen LogP contribution in [0.4, 0.5) is 4.79 Å². The van der Waals surface area contributed by atoms with Gasteiger partial charge in [0.1, 0.15) is 6.61 Å². The molecule has 0 aromatic carbocycles. The van der Waals surface area contributed by atoms with Crippen LogP contribution in [0.1, 0.15) is 0 Å². The lowest BCUT2D eigenvalue weighted by molar-refractivity contribution is 0.0896. The molecule has 1 aliphatic heterocycles. The summed E-state index contributed by atoms with van der Waals surface area (Å²) in [5.41, 5.74) is 0. The molecule has 0 N–H and O–H groups in total. The quantitative estimate of drug-likeness (QED) is 0.562. The molecular weight excluding hydrogens is 244 g/mol. The van der Waals surface area contributed by atoms with Crippen molar-refractivity contribution in [3.63, 3.8) is 0 Å². The SMILES string of the molecule is C[Si](C)(C)O[Si](C)(C)OCC1COC(=O)O1. The molecule has 16 heavy (non-hydrogen) atoms. The zero-order valence-corrected chi connectivity index (χ0v) is 12.5. The number of carbonyl (C=O) groups is 1. The van der Waals surface area contributed by atoms with E-state index >= 15 is 0 Å². The summed E-state index contributed by atoms with van der Waals surface area (Å²) in [4.78, 5) is 10.7. The average Bonchev–Trinajstić information content (AvgIpc) is 2.44. The summed E-state index contributed by atoms with van der Waals surface area (Å²) in [6.07, 6.45) is -0.899. The van der Waals surface area contributed by atoms with E-state index in [1.54, 1.807) is 0 Å². The highest BCUT2D eigenvalue weighted by molar-refractivity contribution is 6.81. The maximum atomic E-state index is 10.7. The lowest BCUT2D eigenvalue weighted by Gasteiger charge is -2.31. The average molecular weight is 264 g/mol. The van der Waals surface area contributed by atoms with Crippen LogP contribution < -0.4 is 0 Å². The smallest absolute Gasteiger partial charge is 0.436 e. The molecule has 0 bridgehead atoms. The monoisotopic (exact) mass is 264 g/mol. The molecule has 0 aromatic rings. The summed E-state index contributed by atoms with van der Waals surface area (Å²) in [6.45, 7) is 11.0. The second kappa shape index (κ2) is 4.86. The van der Waals surface area contributed by atoms with Gasteiger partial charge in [-0.05, 0) is 32.7 Å². The van der Waals surface area contributed by atoms with Gasteiger partial charge in [-0.25, -0.2) is 4.79 Å². The summed E-state index contributed by atoms with van der Waals surface area (Å²) in [7, 11) is -3.70. The Morgan fingerprint density at radius 1 is 1.31 bits per heavy atom. The lowest BCUT2D eigenvalue weighted by atomic mass is 10.4. The van der Waals surface area contributed by atoms with E-state index in [0.29, 0.717) is 6.61 Å². The first-order valence-electron chi connectivity index (χ1n) is 5.35. The molecule has 1 aliphatic rings. The van der Waals surface area contributed by atoms with Crippen molar-refractivity contribution in [3.05, 3.63) is 0 Å². The third-order valence-corrected chi connectivity index (χ3v) is 7.10. The molecule has 1 unspecified atom stereocenters. The highest BCUT2D eigenvalue weighted by atomic mass is 28.4. The maximum absolute atomic E-state index is 10.7. The Morgan fingerprint density at radius 3 is 2.38 bits per heavy atom. The Hall–Kier alpha value is -0.376. The van der Waals surface area contributed by atoms with Crippen LogP contribution in [0, 0.1) is 0 Å². The predicted octanol–water partition coefficient (Wildman–Crippen LogP) is 2.09. The molecule has 0 saturated carbocycles. The predicted molar refractivity (Wildman–Crippen MR) is 64.1 cm³/mol. The van der Waals surface area contributed by atoms with Crippen LogP contribution in [-0.4, -0.2) is 42.4 Å². The van der Waals surface area contributed by atoms with E-state index in [1.807, 2.05) is 13.1 Å². The number of carbonyl (C=O) groups excluding carboxylic acids is 1. The number of ether oxygens (including phenoxy) is 2. The van der Waals surface area contributed by atoms with E-state index in [-0.39, 0.29) is 12.7 Å². The molecule has 0 aliphatic carbocycles. The Bertz CT molecular complexity index is 261. The van der Waals surface area contributed by atoms with Crippen LogP contribution in [0.2, 0.25) is 32.7 Å². The Labute approximate surface area is 98.4 Å². The van der Waals surface area contributed by atoms with Gasteiger partial charge < -0.3 is 18.0 Å².